The van der Waals surface area contributed by atoms with E-state index < -0.39 is 6.29 Å². The first-order valence-corrected chi connectivity index (χ1v) is 3.77. The summed E-state index contributed by atoms with van der Waals surface area (Å²) in [5.41, 5.74) is 4.90. The van der Waals surface area contributed by atoms with Gasteiger partial charge in [0, 0.05) is 6.42 Å². The summed E-state index contributed by atoms with van der Waals surface area (Å²) < 4.78 is 0. The maximum absolute atomic E-state index is 10.2. The minimum Gasteiger partial charge on any atom is -0.370 e. The van der Waals surface area contributed by atoms with Gasteiger partial charge in [-0.05, 0) is 19.3 Å². The molecule has 0 heterocycles. The Morgan fingerprint density at radius 3 is 2.36 bits per heavy atom. The highest BCUT2D eigenvalue weighted by Gasteiger charge is 1.97. The van der Waals surface area contributed by atoms with Crippen LogP contribution in [0.25, 0.3) is 0 Å². The molecule has 1 amide bonds. The molecule has 11 heavy (non-hydrogen) atoms. The Morgan fingerprint density at radius 2 is 1.91 bits per heavy atom. The van der Waals surface area contributed by atoms with Gasteiger partial charge in [-0.15, -0.1) is 0 Å². The first kappa shape index (κ1) is 10.4. The van der Waals surface area contributed by atoms with Gasteiger partial charge in [0.1, 0.15) is 0 Å². The van der Waals surface area contributed by atoms with Crippen LogP contribution in [-0.2, 0) is 4.79 Å². The van der Waals surface area contributed by atoms with E-state index in [1.807, 2.05) is 0 Å². The van der Waals surface area contributed by atoms with Gasteiger partial charge in [-0.25, -0.2) is 0 Å². The molecule has 0 aliphatic carbocycles. The highest BCUT2D eigenvalue weighted by molar-refractivity contribution is 5.73. The lowest BCUT2D eigenvalue weighted by atomic mass is 10.1. The second-order valence-corrected chi connectivity index (χ2v) is 2.55. The molecule has 0 atom stereocenters. The van der Waals surface area contributed by atoms with Crippen molar-refractivity contribution in [1.29, 1.82) is 0 Å². The van der Waals surface area contributed by atoms with Crippen molar-refractivity contribution < 1.29 is 15.0 Å². The maximum atomic E-state index is 10.2. The number of hydrogen-bond acceptors (Lipinski definition) is 3. The van der Waals surface area contributed by atoms with E-state index in [-0.39, 0.29) is 5.91 Å². The topological polar surface area (TPSA) is 83.6 Å². The van der Waals surface area contributed by atoms with E-state index in [9.17, 15) is 4.79 Å². The third-order valence-corrected chi connectivity index (χ3v) is 1.39. The molecule has 0 fully saturated rings. The SMILES string of the molecule is NC(=O)CCCCCC(O)O. The van der Waals surface area contributed by atoms with Crippen LogP contribution in [0.2, 0.25) is 0 Å². The first-order chi connectivity index (χ1) is 5.13. The molecule has 4 nitrogen and oxygen atoms in total. The van der Waals surface area contributed by atoms with E-state index in [2.05, 4.69) is 0 Å². The van der Waals surface area contributed by atoms with Crippen LogP contribution in [0.1, 0.15) is 32.1 Å². The molecule has 0 saturated carbocycles. The Bertz CT molecular complexity index is 114. The molecule has 0 aliphatic rings. The molecular weight excluding hydrogens is 146 g/mol. The summed E-state index contributed by atoms with van der Waals surface area (Å²) in [6, 6.07) is 0. The van der Waals surface area contributed by atoms with Crippen molar-refractivity contribution >= 4 is 5.91 Å². The predicted octanol–water partition coefficient (Wildman–Crippen LogP) is -0.267. The van der Waals surface area contributed by atoms with Crippen molar-refractivity contribution in [2.75, 3.05) is 0 Å². The van der Waals surface area contributed by atoms with Crippen molar-refractivity contribution in [3.8, 4) is 0 Å². The molecule has 0 aromatic carbocycles. The lowest BCUT2D eigenvalue weighted by Crippen LogP contribution is -2.09. The maximum Gasteiger partial charge on any atom is 0.217 e. The Kier molecular flexibility index (Phi) is 5.78. The van der Waals surface area contributed by atoms with Crippen LogP contribution in [0.4, 0.5) is 0 Å². The van der Waals surface area contributed by atoms with E-state index in [1.165, 1.54) is 0 Å². The average molecular weight is 161 g/mol. The second-order valence-electron chi connectivity index (χ2n) is 2.55. The standard InChI is InChI=1S/C7H15NO3/c8-6(9)4-2-1-3-5-7(10)11/h7,10-11H,1-5H2,(H2,8,9). The van der Waals surface area contributed by atoms with Crippen LogP contribution in [0, 0.1) is 0 Å². The summed E-state index contributed by atoms with van der Waals surface area (Å²) in [5.74, 6) is -0.297. The van der Waals surface area contributed by atoms with Gasteiger partial charge in [-0.3, -0.25) is 4.79 Å². The molecule has 0 rings (SSSR count). The number of carbonyl (C=O) groups is 1. The zero-order valence-corrected chi connectivity index (χ0v) is 6.49. The fraction of sp³-hybridized carbons (Fsp3) is 0.857. The van der Waals surface area contributed by atoms with Crippen LogP contribution < -0.4 is 5.73 Å². The molecule has 0 spiro atoms. The van der Waals surface area contributed by atoms with Crippen molar-refractivity contribution in [1.82, 2.24) is 0 Å². The summed E-state index contributed by atoms with van der Waals surface area (Å²) >= 11 is 0. The Hall–Kier alpha value is -0.610. The Balaban J connectivity index is 2.97. The Labute approximate surface area is 66.0 Å². The summed E-state index contributed by atoms with van der Waals surface area (Å²) in [7, 11) is 0. The Morgan fingerprint density at radius 1 is 1.27 bits per heavy atom. The number of unbranched alkanes of at least 4 members (excludes halogenated alkanes) is 2. The van der Waals surface area contributed by atoms with E-state index in [0.29, 0.717) is 12.8 Å². The van der Waals surface area contributed by atoms with Crippen molar-refractivity contribution in [2.24, 2.45) is 5.73 Å². The molecule has 4 heteroatoms. The summed E-state index contributed by atoms with van der Waals surface area (Å²) in [5, 5.41) is 16.8. The third kappa shape index (κ3) is 9.39. The fourth-order valence-corrected chi connectivity index (χ4v) is 0.803. The number of aliphatic hydroxyl groups is 2. The van der Waals surface area contributed by atoms with Gasteiger partial charge in [-0.1, -0.05) is 6.42 Å². The van der Waals surface area contributed by atoms with Crippen molar-refractivity contribution in [2.45, 2.75) is 38.4 Å². The molecule has 0 radical (unpaired) electrons. The molecule has 0 bridgehead atoms. The molecule has 0 aromatic rings. The average Bonchev–Trinajstić information content (AvgIpc) is 1.85. The largest absolute Gasteiger partial charge is 0.370 e. The highest BCUT2D eigenvalue weighted by atomic mass is 16.5. The number of aliphatic hydroxyl groups excluding tert-OH is 1. The van der Waals surface area contributed by atoms with Crippen LogP contribution in [-0.4, -0.2) is 22.4 Å². The number of nitrogens with two attached hydrogens (primary N) is 1. The molecule has 4 N–H and O–H groups in total. The minimum absolute atomic E-state index is 0.297. The highest BCUT2D eigenvalue weighted by Crippen LogP contribution is 2.03. The third-order valence-electron chi connectivity index (χ3n) is 1.39. The van der Waals surface area contributed by atoms with Crippen LogP contribution in [0.15, 0.2) is 0 Å². The minimum atomic E-state index is -1.22. The lowest BCUT2D eigenvalue weighted by molar-refractivity contribution is -0.118. The zero-order chi connectivity index (χ0) is 8.69. The molecule has 0 aliphatic heterocycles. The van der Waals surface area contributed by atoms with Gasteiger partial charge in [0.25, 0.3) is 0 Å². The normalized spacial score (nSPS) is 10.5. The molecular formula is C7H15NO3. The predicted molar refractivity (Wildman–Crippen MR) is 40.5 cm³/mol. The van der Waals surface area contributed by atoms with Gasteiger partial charge in [0.2, 0.25) is 5.91 Å². The lowest BCUT2D eigenvalue weighted by Gasteiger charge is -2.01. The van der Waals surface area contributed by atoms with Crippen molar-refractivity contribution in [3.05, 3.63) is 0 Å². The van der Waals surface area contributed by atoms with E-state index >= 15 is 0 Å². The van der Waals surface area contributed by atoms with E-state index in [0.717, 1.165) is 19.3 Å². The first-order valence-electron chi connectivity index (χ1n) is 3.77. The van der Waals surface area contributed by atoms with Gasteiger partial charge in [0.05, 0.1) is 0 Å². The summed E-state index contributed by atoms with van der Waals surface area (Å²) in [4.78, 5) is 10.2. The second kappa shape index (κ2) is 6.12. The van der Waals surface area contributed by atoms with Gasteiger partial charge < -0.3 is 15.9 Å². The van der Waals surface area contributed by atoms with Gasteiger partial charge in [0.15, 0.2) is 6.29 Å². The van der Waals surface area contributed by atoms with E-state index in [4.69, 9.17) is 15.9 Å². The summed E-state index contributed by atoms with van der Waals surface area (Å²) in [6.07, 6.45) is 1.83. The molecule has 0 unspecified atom stereocenters. The van der Waals surface area contributed by atoms with Crippen LogP contribution >= 0.6 is 0 Å². The number of rotatable bonds is 6. The van der Waals surface area contributed by atoms with E-state index in [1.54, 1.807) is 0 Å². The van der Waals surface area contributed by atoms with Gasteiger partial charge >= 0.3 is 0 Å². The molecule has 66 valence electrons. The van der Waals surface area contributed by atoms with Crippen molar-refractivity contribution in [3.63, 3.8) is 0 Å². The number of primary amides is 1. The fourth-order valence-electron chi connectivity index (χ4n) is 0.803. The van der Waals surface area contributed by atoms with Crippen LogP contribution in [0.3, 0.4) is 0 Å². The number of amides is 1. The monoisotopic (exact) mass is 161 g/mol. The smallest absolute Gasteiger partial charge is 0.217 e. The number of carbonyl (C=O) groups excluding carboxylic acids is 1. The molecule has 0 saturated heterocycles. The van der Waals surface area contributed by atoms with Gasteiger partial charge in [-0.2, -0.15) is 0 Å². The molecule has 0 aromatic heterocycles. The van der Waals surface area contributed by atoms with Crippen LogP contribution in [0.5, 0.6) is 0 Å². The summed E-state index contributed by atoms with van der Waals surface area (Å²) in [6.45, 7) is 0. The quantitative estimate of drug-likeness (QED) is 0.370. The zero-order valence-electron chi connectivity index (χ0n) is 6.49. The number of hydrogen-bond donors (Lipinski definition) is 3.